The van der Waals surface area contributed by atoms with Gasteiger partial charge in [-0.1, -0.05) is 0 Å². The van der Waals surface area contributed by atoms with Crippen molar-refractivity contribution in [1.29, 1.82) is 0 Å². The molecule has 3 heterocycles. The third-order valence-corrected chi connectivity index (χ3v) is 5.59. The van der Waals surface area contributed by atoms with Crippen LogP contribution in [0, 0.1) is 0 Å². The second kappa shape index (κ2) is 5.55. The van der Waals surface area contributed by atoms with E-state index in [0.29, 0.717) is 5.56 Å². The molecule has 11 heteroatoms. The molecule has 0 aliphatic carbocycles. The molecule has 0 atom stereocenters. The fourth-order valence-electron chi connectivity index (χ4n) is 2.61. The minimum Gasteiger partial charge on any atom is -0.312 e. The lowest BCUT2D eigenvalue weighted by Gasteiger charge is -2.04. The van der Waals surface area contributed by atoms with Gasteiger partial charge < -0.3 is 4.57 Å². The number of nitrogens with zero attached hydrogens (tertiary/aromatic N) is 5. The average Bonchev–Trinajstić information content (AvgIpc) is 2.91. The Labute approximate surface area is 141 Å². The van der Waals surface area contributed by atoms with Crippen LogP contribution >= 0.6 is 0 Å². The Morgan fingerprint density at radius 3 is 2.28 bits per heavy atom. The Kier molecular flexibility index (Phi) is 3.75. The van der Waals surface area contributed by atoms with Gasteiger partial charge in [0.15, 0.2) is 11.2 Å². The van der Waals surface area contributed by atoms with Crippen molar-refractivity contribution in [2.45, 2.75) is 10.9 Å². The molecule has 10 nitrogen and oxygen atoms in total. The summed E-state index contributed by atoms with van der Waals surface area (Å²) < 4.78 is 29.5. The van der Waals surface area contributed by atoms with Crippen LogP contribution < -0.4 is 16.0 Å². The largest absolute Gasteiger partial charge is 0.332 e. The highest BCUT2D eigenvalue weighted by molar-refractivity contribution is 7.90. The number of imidazole rings is 1. The molecule has 0 aromatic carbocycles. The van der Waals surface area contributed by atoms with E-state index >= 15 is 0 Å². The number of hydrogen-bond acceptors (Lipinski definition) is 6. The number of rotatable bonds is 3. The predicted octanol–water partition coefficient (Wildman–Crippen LogP) is -1.53. The number of pyridine rings is 1. The summed E-state index contributed by atoms with van der Waals surface area (Å²) in [5.74, 6) is -0.362. The summed E-state index contributed by atoms with van der Waals surface area (Å²) >= 11 is 0. The first-order valence-corrected chi connectivity index (χ1v) is 8.83. The molecule has 132 valence electrons. The van der Waals surface area contributed by atoms with Gasteiger partial charge in [0.05, 0.1) is 5.75 Å². The Balaban J connectivity index is 2.22. The summed E-state index contributed by atoms with van der Waals surface area (Å²) in [5.41, 5.74) is -0.718. The Morgan fingerprint density at radius 1 is 1.08 bits per heavy atom. The highest BCUT2D eigenvalue weighted by Crippen LogP contribution is 2.18. The van der Waals surface area contributed by atoms with Crippen molar-refractivity contribution in [2.24, 2.45) is 21.1 Å². The molecule has 3 aromatic heterocycles. The van der Waals surface area contributed by atoms with Gasteiger partial charge in [-0.3, -0.25) is 19.1 Å². The SMILES string of the molecule is Cn1c(=O)c2c(nc(S(=O)(=O)Cc3cc[n+](O)cc3)n2C)n(C)c1=O. The van der Waals surface area contributed by atoms with Crippen LogP contribution in [-0.4, -0.2) is 32.3 Å². The predicted molar refractivity (Wildman–Crippen MR) is 85.9 cm³/mol. The average molecular weight is 366 g/mol. The van der Waals surface area contributed by atoms with Crippen LogP contribution in [-0.2, 0) is 36.7 Å². The van der Waals surface area contributed by atoms with Crippen LogP contribution in [0.2, 0.25) is 0 Å². The molecule has 3 aromatic rings. The van der Waals surface area contributed by atoms with E-state index in [1.54, 1.807) is 0 Å². The van der Waals surface area contributed by atoms with Crippen molar-refractivity contribution in [3.8, 4) is 0 Å². The van der Waals surface area contributed by atoms with Gasteiger partial charge in [0.1, 0.15) is 0 Å². The zero-order valence-corrected chi connectivity index (χ0v) is 14.6. The van der Waals surface area contributed by atoms with E-state index in [0.717, 1.165) is 13.9 Å². The monoisotopic (exact) mass is 366 g/mol. The van der Waals surface area contributed by atoms with Crippen LogP contribution in [0.5, 0.6) is 0 Å². The molecule has 0 aliphatic rings. The lowest BCUT2D eigenvalue weighted by molar-refractivity contribution is -0.904. The van der Waals surface area contributed by atoms with Crippen LogP contribution in [0.25, 0.3) is 11.2 Å². The van der Waals surface area contributed by atoms with Gasteiger partial charge in [-0.15, -0.1) is 0 Å². The first-order chi connectivity index (χ1) is 11.6. The maximum Gasteiger partial charge on any atom is 0.332 e. The van der Waals surface area contributed by atoms with Gasteiger partial charge in [-0.2, -0.15) is 4.98 Å². The maximum atomic E-state index is 12.7. The van der Waals surface area contributed by atoms with Crippen molar-refractivity contribution in [1.82, 2.24) is 18.7 Å². The number of hydrogen-bond donors (Lipinski definition) is 1. The fourth-order valence-corrected chi connectivity index (χ4v) is 4.10. The number of fused-ring (bicyclic) bond motifs is 1. The minimum absolute atomic E-state index is 0.00966. The van der Waals surface area contributed by atoms with Gasteiger partial charge in [0.2, 0.25) is 27.4 Å². The summed E-state index contributed by atoms with van der Waals surface area (Å²) in [6, 6.07) is 2.91. The van der Waals surface area contributed by atoms with Crippen LogP contribution in [0.15, 0.2) is 39.3 Å². The smallest absolute Gasteiger partial charge is 0.312 e. The second-order valence-corrected chi connectivity index (χ2v) is 7.56. The van der Waals surface area contributed by atoms with Crippen molar-refractivity contribution < 1.29 is 18.4 Å². The van der Waals surface area contributed by atoms with E-state index in [2.05, 4.69) is 4.98 Å². The van der Waals surface area contributed by atoms with Gasteiger partial charge in [-0.05, 0) is 5.56 Å². The molecule has 0 aliphatic heterocycles. The number of aromatic nitrogens is 5. The summed E-state index contributed by atoms with van der Waals surface area (Å²) in [6.45, 7) is 0. The molecule has 0 unspecified atom stereocenters. The third-order valence-electron chi connectivity index (χ3n) is 3.95. The number of aryl methyl sites for hydroxylation is 2. The topological polar surface area (TPSA) is 120 Å². The minimum atomic E-state index is -3.88. The molecule has 0 bridgehead atoms. The molecule has 3 rings (SSSR count). The zero-order chi connectivity index (χ0) is 18.5. The first-order valence-electron chi connectivity index (χ1n) is 7.18. The summed E-state index contributed by atoms with van der Waals surface area (Å²) in [5, 5.41) is 8.90. The quantitative estimate of drug-likeness (QED) is 0.444. The highest BCUT2D eigenvalue weighted by atomic mass is 32.2. The van der Waals surface area contributed by atoms with Gasteiger partial charge >= 0.3 is 5.69 Å². The Hall–Kier alpha value is -2.95. The second-order valence-electron chi connectivity index (χ2n) is 5.68. The van der Waals surface area contributed by atoms with E-state index in [4.69, 9.17) is 0 Å². The summed E-state index contributed by atoms with van der Waals surface area (Å²) in [4.78, 5) is 28.3. The normalized spacial score (nSPS) is 12.0. The van der Waals surface area contributed by atoms with E-state index in [1.807, 2.05) is 0 Å². The highest BCUT2D eigenvalue weighted by Gasteiger charge is 2.26. The van der Waals surface area contributed by atoms with Gasteiger partial charge in [0.25, 0.3) is 5.56 Å². The molecule has 0 saturated carbocycles. The van der Waals surface area contributed by atoms with Crippen LogP contribution in [0.1, 0.15) is 5.56 Å². The van der Waals surface area contributed by atoms with Gasteiger partial charge in [-0.25, -0.2) is 13.2 Å². The summed E-state index contributed by atoms with van der Waals surface area (Å²) in [7, 11) is 0.277. The summed E-state index contributed by atoms with van der Waals surface area (Å²) in [6.07, 6.45) is 2.61. The van der Waals surface area contributed by atoms with E-state index < -0.39 is 21.1 Å². The Morgan fingerprint density at radius 2 is 1.68 bits per heavy atom. The van der Waals surface area contributed by atoms with Gasteiger partial charge in [0, 0.05) is 38.0 Å². The van der Waals surface area contributed by atoms with Crippen molar-refractivity contribution in [3.05, 3.63) is 50.9 Å². The first kappa shape index (κ1) is 16.9. The van der Waals surface area contributed by atoms with E-state index in [1.165, 1.54) is 50.2 Å². The van der Waals surface area contributed by atoms with Crippen LogP contribution in [0.4, 0.5) is 0 Å². The lowest BCUT2D eigenvalue weighted by atomic mass is 10.3. The molecule has 0 amide bonds. The zero-order valence-electron chi connectivity index (χ0n) is 13.7. The van der Waals surface area contributed by atoms with Crippen molar-refractivity contribution in [3.63, 3.8) is 0 Å². The molecular formula is C14H16N5O5S+. The molecular weight excluding hydrogens is 350 g/mol. The number of sulfone groups is 1. The molecule has 0 fully saturated rings. The molecule has 0 saturated heterocycles. The molecule has 0 spiro atoms. The standard InChI is InChI=1S/C14H16N5O5S/c1-16-10-11(17(2)14(21)18(3)12(10)20)15-13(16)25(23,24)8-9-4-6-19(22)7-5-9/h4-7,22H,8H2,1-3H3/q+1. The van der Waals surface area contributed by atoms with E-state index in [-0.39, 0.29) is 22.1 Å². The Bertz CT molecular complexity index is 1200. The maximum absolute atomic E-state index is 12.7. The lowest BCUT2D eigenvalue weighted by Crippen LogP contribution is -2.37. The molecule has 1 N–H and O–H groups in total. The van der Waals surface area contributed by atoms with Crippen molar-refractivity contribution >= 4 is 21.0 Å². The van der Waals surface area contributed by atoms with Crippen LogP contribution in [0.3, 0.4) is 0 Å². The van der Waals surface area contributed by atoms with Crippen molar-refractivity contribution in [2.75, 3.05) is 0 Å². The third kappa shape index (κ3) is 2.61. The molecule has 0 radical (unpaired) electrons. The van der Waals surface area contributed by atoms with E-state index in [9.17, 15) is 23.2 Å². The fraction of sp³-hybridized carbons (Fsp3) is 0.286. The molecule has 25 heavy (non-hydrogen) atoms.